The van der Waals surface area contributed by atoms with E-state index in [-0.39, 0.29) is 18.0 Å². The summed E-state index contributed by atoms with van der Waals surface area (Å²) in [6, 6.07) is 10.4. The van der Waals surface area contributed by atoms with E-state index in [0.717, 1.165) is 42.9 Å². The Morgan fingerprint density at radius 2 is 2.04 bits per heavy atom. The summed E-state index contributed by atoms with van der Waals surface area (Å²) in [6.45, 7) is 4.10. The third-order valence-corrected chi connectivity index (χ3v) is 5.07. The number of anilines is 2. The first kappa shape index (κ1) is 19.5. The van der Waals surface area contributed by atoms with Crippen LogP contribution in [-0.2, 0) is 4.79 Å². The number of amides is 1. The van der Waals surface area contributed by atoms with E-state index in [2.05, 4.69) is 10.2 Å². The Balaban J connectivity index is 1.51. The lowest BCUT2D eigenvalue weighted by molar-refractivity contribution is -0.116. The largest absolute Gasteiger partial charge is 0.494 e. The molecule has 1 aliphatic heterocycles. The van der Waals surface area contributed by atoms with Gasteiger partial charge in [-0.3, -0.25) is 4.79 Å². The molecular formula is C21H24ClFN2O2. The van der Waals surface area contributed by atoms with Crippen LogP contribution in [0.25, 0.3) is 0 Å². The van der Waals surface area contributed by atoms with E-state index in [1.807, 2.05) is 19.1 Å². The third-order valence-electron chi connectivity index (χ3n) is 4.65. The molecule has 1 saturated heterocycles. The molecule has 0 radical (unpaired) electrons. The normalized spacial score (nSPS) is 13.7. The van der Waals surface area contributed by atoms with Crippen molar-refractivity contribution in [3.63, 3.8) is 0 Å². The van der Waals surface area contributed by atoms with Gasteiger partial charge in [-0.25, -0.2) is 4.39 Å². The summed E-state index contributed by atoms with van der Waals surface area (Å²) in [5.41, 5.74) is 1.98. The van der Waals surface area contributed by atoms with Gasteiger partial charge in [0.15, 0.2) is 0 Å². The second-order valence-corrected chi connectivity index (χ2v) is 7.15. The smallest absolute Gasteiger partial charge is 0.224 e. The number of nitrogens with zero attached hydrogens (tertiary/aromatic N) is 1. The van der Waals surface area contributed by atoms with Gasteiger partial charge >= 0.3 is 0 Å². The maximum absolute atomic E-state index is 14.3. The number of aryl methyl sites for hydroxylation is 1. The highest BCUT2D eigenvalue weighted by Crippen LogP contribution is 2.31. The average Bonchev–Trinajstić information content (AvgIpc) is 3.18. The van der Waals surface area contributed by atoms with E-state index in [9.17, 15) is 9.18 Å². The lowest BCUT2D eigenvalue weighted by Crippen LogP contribution is -2.22. The van der Waals surface area contributed by atoms with Crippen molar-refractivity contribution in [2.24, 2.45) is 0 Å². The minimum absolute atomic E-state index is 0.212. The van der Waals surface area contributed by atoms with Crippen molar-refractivity contribution >= 4 is 28.9 Å². The molecule has 6 heteroatoms. The van der Waals surface area contributed by atoms with Crippen molar-refractivity contribution in [3.8, 4) is 5.75 Å². The summed E-state index contributed by atoms with van der Waals surface area (Å²) in [7, 11) is 0. The number of ether oxygens (including phenoxy) is 1. The zero-order valence-electron chi connectivity index (χ0n) is 15.4. The molecule has 144 valence electrons. The summed E-state index contributed by atoms with van der Waals surface area (Å²) in [6.07, 6.45) is 2.98. The number of nitrogens with one attached hydrogen (secondary N) is 1. The highest BCUT2D eigenvalue weighted by molar-refractivity contribution is 6.31. The lowest BCUT2D eigenvalue weighted by atomic mass is 10.2. The molecular weight excluding hydrogens is 367 g/mol. The van der Waals surface area contributed by atoms with Gasteiger partial charge in [-0.2, -0.15) is 0 Å². The van der Waals surface area contributed by atoms with Crippen molar-refractivity contribution in [3.05, 3.63) is 52.8 Å². The molecule has 0 bridgehead atoms. The van der Waals surface area contributed by atoms with Crippen molar-refractivity contribution in [2.45, 2.75) is 32.6 Å². The van der Waals surface area contributed by atoms with Crippen LogP contribution in [0, 0.1) is 12.7 Å². The Hall–Kier alpha value is -2.27. The highest BCUT2D eigenvalue weighted by Gasteiger charge is 2.19. The molecule has 1 fully saturated rings. The molecule has 0 aliphatic carbocycles. The SMILES string of the molecule is Cc1cc(OCCCC(=O)Nc2c(F)cccc2N2CCCC2)ccc1Cl. The van der Waals surface area contributed by atoms with E-state index in [1.54, 1.807) is 18.2 Å². The number of benzene rings is 2. The quantitative estimate of drug-likeness (QED) is 0.662. The first-order valence-corrected chi connectivity index (χ1v) is 9.64. The van der Waals surface area contributed by atoms with Crippen LogP contribution in [0.15, 0.2) is 36.4 Å². The highest BCUT2D eigenvalue weighted by atomic mass is 35.5. The van der Waals surface area contributed by atoms with Gasteiger partial charge in [-0.1, -0.05) is 17.7 Å². The zero-order chi connectivity index (χ0) is 19.2. The molecule has 1 amide bonds. The number of halogens is 2. The second-order valence-electron chi connectivity index (χ2n) is 6.74. The van der Waals surface area contributed by atoms with Gasteiger partial charge in [0.1, 0.15) is 17.3 Å². The molecule has 0 saturated carbocycles. The Morgan fingerprint density at radius 3 is 2.78 bits per heavy atom. The minimum atomic E-state index is -0.402. The number of carbonyl (C=O) groups is 1. The Bertz CT molecular complexity index is 807. The number of para-hydroxylation sites is 1. The molecule has 1 N–H and O–H groups in total. The van der Waals surface area contributed by atoms with Crippen LogP contribution in [-0.4, -0.2) is 25.6 Å². The van der Waals surface area contributed by atoms with E-state index in [1.165, 1.54) is 6.07 Å². The first-order chi connectivity index (χ1) is 13.0. The van der Waals surface area contributed by atoms with Crippen molar-refractivity contribution in [1.29, 1.82) is 0 Å². The molecule has 2 aromatic rings. The van der Waals surface area contributed by atoms with Gasteiger partial charge in [0.2, 0.25) is 5.91 Å². The van der Waals surface area contributed by atoms with Gasteiger partial charge in [0.05, 0.1) is 12.3 Å². The molecule has 0 aromatic heterocycles. The molecule has 1 heterocycles. The van der Waals surface area contributed by atoms with E-state index in [4.69, 9.17) is 16.3 Å². The fourth-order valence-electron chi connectivity index (χ4n) is 3.19. The number of hydrogen-bond acceptors (Lipinski definition) is 3. The lowest BCUT2D eigenvalue weighted by Gasteiger charge is -2.22. The van der Waals surface area contributed by atoms with Gasteiger partial charge in [-0.05, 0) is 62.1 Å². The monoisotopic (exact) mass is 390 g/mol. The minimum Gasteiger partial charge on any atom is -0.494 e. The van der Waals surface area contributed by atoms with Crippen LogP contribution in [0.1, 0.15) is 31.2 Å². The predicted octanol–water partition coefficient (Wildman–Crippen LogP) is 5.19. The molecule has 1 aliphatic rings. The summed E-state index contributed by atoms with van der Waals surface area (Å²) < 4.78 is 19.9. The topological polar surface area (TPSA) is 41.6 Å². The Morgan fingerprint density at radius 1 is 1.26 bits per heavy atom. The molecule has 27 heavy (non-hydrogen) atoms. The van der Waals surface area contributed by atoms with Crippen LogP contribution < -0.4 is 15.0 Å². The van der Waals surface area contributed by atoms with E-state index in [0.29, 0.717) is 18.1 Å². The van der Waals surface area contributed by atoms with E-state index >= 15 is 0 Å². The molecule has 4 nitrogen and oxygen atoms in total. The second kappa shape index (κ2) is 9.09. The van der Waals surface area contributed by atoms with Crippen LogP contribution >= 0.6 is 11.6 Å². The molecule has 0 atom stereocenters. The fraction of sp³-hybridized carbons (Fsp3) is 0.381. The summed E-state index contributed by atoms with van der Waals surface area (Å²) in [5.74, 6) is 0.111. The maximum Gasteiger partial charge on any atom is 0.224 e. The van der Waals surface area contributed by atoms with Gasteiger partial charge < -0.3 is 15.0 Å². The summed E-state index contributed by atoms with van der Waals surface area (Å²) in [4.78, 5) is 14.4. The number of rotatable bonds is 7. The molecule has 3 rings (SSSR count). The van der Waals surface area contributed by atoms with Crippen molar-refractivity contribution < 1.29 is 13.9 Å². The van der Waals surface area contributed by atoms with Gasteiger partial charge in [-0.15, -0.1) is 0 Å². The Labute approximate surface area is 164 Å². The van der Waals surface area contributed by atoms with Crippen molar-refractivity contribution in [2.75, 3.05) is 29.9 Å². The number of carbonyl (C=O) groups excluding carboxylic acids is 1. The summed E-state index contributed by atoms with van der Waals surface area (Å²) >= 11 is 5.99. The van der Waals surface area contributed by atoms with Crippen LogP contribution in [0.3, 0.4) is 0 Å². The molecule has 0 spiro atoms. The summed E-state index contributed by atoms with van der Waals surface area (Å²) in [5, 5.41) is 3.44. The van der Waals surface area contributed by atoms with Crippen LogP contribution in [0.2, 0.25) is 5.02 Å². The first-order valence-electron chi connectivity index (χ1n) is 9.27. The standard InChI is InChI=1S/C21H24ClFN2O2/c1-15-14-16(9-10-17(15)22)27-13-5-8-20(26)24-21-18(23)6-4-7-19(21)25-11-2-3-12-25/h4,6-7,9-10,14H,2-3,5,8,11-13H2,1H3,(H,24,26). The van der Waals surface area contributed by atoms with Crippen molar-refractivity contribution in [1.82, 2.24) is 0 Å². The van der Waals surface area contributed by atoms with E-state index < -0.39 is 5.82 Å². The van der Waals surface area contributed by atoms with Gasteiger partial charge in [0.25, 0.3) is 0 Å². The third kappa shape index (κ3) is 5.13. The molecule has 2 aromatic carbocycles. The fourth-order valence-corrected chi connectivity index (χ4v) is 3.31. The molecule has 0 unspecified atom stereocenters. The number of hydrogen-bond donors (Lipinski definition) is 1. The average molecular weight is 391 g/mol. The van der Waals surface area contributed by atoms with Crippen LogP contribution in [0.4, 0.5) is 15.8 Å². The van der Waals surface area contributed by atoms with Gasteiger partial charge in [0, 0.05) is 24.5 Å². The maximum atomic E-state index is 14.3. The zero-order valence-corrected chi connectivity index (χ0v) is 16.2. The van der Waals surface area contributed by atoms with Crippen LogP contribution in [0.5, 0.6) is 5.75 Å². The predicted molar refractivity (Wildman–Crippen MR) is 107 cm³/mol. The Kier molecular flexibility index (Phi) is 6.56.